The van der Waals surface area contributed by atoms with E-state index in [1.165, 1.54) is 11.3 Å². The number of aromatic nitrogens is 1. The van der Waals surface area contributed by atoms with Crippen LogP contribution in [-0.2, 0) is 16.0 Å². The third-order valence-electron chi connectivity index (χ3n) is 5.75. The molecule has 0 fully saturated rings. The molecule has 1 unspecified atom stereocenters. The van der Waals surface area contributed by atoms with Gasteiger partial charge in [0.2, 0.25) is 0 Å². The number of aliphatic carboxylic acids is 1. The molecule has 1 aliphatic carbocycles. The number of alkyl carbamates (subject to hydrolysis) is 1. The molecule has 9 nitrogen and oxygen atoms in total. The van der Waals surface area contributed by atoms with E-state index in [1.54, 1.807) is 6.92 Å². The number of amides is 2. The largest absolute Gasteiger partial charge is 0.479 e. The monoisotopic (exact) mass is 495 g/mol. The number of fused-ring (bicyclic) bond motifs is 3. The first-order valence-corrected chi connectivity index (χ1v) is 11.9. The van der Waals surface area contributed by atoms with Crippen molar-refractivity contribution in [3.8, 4) is 11.1 Å². The maximum Gasteiger partial charge on any atom is 0.407 e. The number of carbonyl (C=O) groups is 3. The van der Waals surface area contributed by atoms with Crippen molar-refractivity contribution in [1.82, 2.24) is 15.6 Å². The van der Waals surface area contributed by atoms with E-state index in [2.05, 4.69) is 39.9 Å². The smallest absolute Gasteiger partial charge is 0.407 e. The summed E-state index contributed by atoms with van der Waals surface area (Å²) in [6, 6.07) is 16.2. The first kappa shape index (κ1) is 24.4. The van der Waals surface area contributed by atoms with Crippen molar-refractivity contribution >= 4 is 29.3 Å². The summed E-state index contributed by atoms with van der Waals surface area (Å²) in [7, 11) is 0. The number of aryl methyl sites for hydroxylation is 1. The fourth-order valence-electron chi connectivity index (χ4n) is 4.05. The summed E-state index contributed by atoms with van der Waals surface area (Å²) in [6.45, 7) is 1.82. The quantitative estimate of drug-likeness (QED) is 0.358. The van der Waals surface area contributed by atoms with Crippen LogP contribution in [0, 0.1) is 6.92 Å². The summed E-state index contributed by atoms with van der Waals surface area (Å²) >= 11 is 1.31. The summed E-state index contributed by atoms with van der Waals surface area (Å²) < 4.78 is 5.52. The molecule has 182 valence electrons. The molecule has 1 aliphatic rings. The lowest BCUT2D eigenvalue weighted by atomic mass is 9.98. The number of nitrogens with zero attached hydrogens (tertiary/aromatic N) is 1. The van der Waals surface area contributed by atoms with Crippen molar-refractivity contribution in [3.63, 3.8) is 0 Å². The van der Waals surface area contributed by atoms with E-state index in [0.717, 1.165) is 22.3 Å². The molecule has 35 heavy (non-hydrogen) atoms. The Kier molecular flexibility index (Phi) is 7.42. The number of aliphatic hydroxyl groups is 1. The van der Waals surface area contributed by atoms with Gasteiger partial charge in [-0.25, -0.2) is 14.6 Å². The van der Waals surface area contributed by atoms with E-state index in [-0.39, 0.29) is 24.8 Å². The van der Waals surface area contributed by atoms with E-state index in [9.17, 15) is 19.5 Å². The lowest BCUT2D eigenvalue weighted by Crippen LogP contribution is -2.36. The summed E-state index contributed by atoms with van der Waals surface area (Å²) in [5.41, 5.74) is 4.77. The predicted molar refractivity (Wildman–Crippen MR) is 130 cm³/mol. The molecular formula is C25H25N3O6S. The average molecular weight is 496 g/mol. The van der Waals surface area contributed by atoms with Gasteiger partial charge < -0.3 is 25.6 Å². The molecule has 4 N–H and O–H groups in total. The van der Waals surface area contributed by atoms with Crippen LogP contribution in [0.15, 0.2) is 48.5 Å². The molecule has 2 amide bonds. The van der Waals surface area contributed by atoms with Crippen LogP contribution in [0.25, 0.3) is 11.1 Å². The van der Waals surface area contributed by atoms with E-state index in [0.29, 0.717) is 16.3 Å². The normalized spacial score (nSPS) is 13.0. The number of ether oxygens (including phenoxy) is 1. The minimum Gasteiger partial charge on any atom is -0.479 e. The van der Waals surface area contributed by atoms with Crippen LogP contribution in [0.4, 0.5) is 4.79 Å². The molecule has 2 aromatic carbocycles. The number of hydrogen-bond acceptors (Lipinski definition) is 7. The Balaban J connectivity index is 1.27. The number of carboxylic acids is 1. The second-order valence-corrected chi connectivity index (χ2v) is 9.37. The zero-order valence-corrected chi connectivity index (χ0v) is 19.8. The number of carboxylic acid groups (broad SMARTS) is 1. The van der Waals surface area contributed by atoms with Gasteiger partial charge in [-0.1, -0.05) is 48.5 Å². The first-order valence-electron chi connectivity index (χ1n) is 11.1. The fraction of sp³-hybridized carbons (Fsp3) is 0.280. The number of benzene rings is 2. The van der Waals surface area contributed by atoms with Crippen molar-refractivity contribution in [2.75, 3.05) is 19.7 Å². The first-order chi connectivity index (χ1) is 16.8. The topological polar surface area (TPSA) is 138 Å². The number of rotatable bonds is 9. The van der Waals surface area contributed by atoms with Crippen LogP contribution < -0.4 is 10.6 Å². The lowest BCUT2D eigenvalue weighted by molar-refractivity contribution is -0.146. The Labute approximate surface area is 205 Å². The van der Waals surface area contributed by atoms with Crippen LogP contribution >= 0.6 is 11.3 Å². The molecule has 0 aliphatic heterocycles. The lowest BCUT2D eigenvalue weighted by Gasteiger charge is -2.14. The Bertz CT molecular complexity index is 1210. The predicted octanol–water partition coefficient (Wildman–Crippen LogP) is 2.71. The van der Waals surface area contributed by atoms with E-state index < -0.39 is 30.6 Å². The molecule has 0 saturated heterocycles. The molecule has 0 saturated carbocycles. The summed E-state index contributed by atoms with van der Waals surface area (Å²) in [6.07, 6.45) is -1.81. The fourth-order valence-corrected chi connectivity index (χ4v) is 4.98. The number of thiazole rings is 1. The number of aliphatic hydroxyl groups excluding tert-OH is 1. The van der Waals surface area contributed by atoms with Crippen LogP contribution in [0.1, 0.15) is 37.4 Å². The molecule has 10 heteroatoms. The van der Waals surface area contributed by atoms with Gasteiger partial charge in [-0.15, -0.1) is 11.3 Å². The highest BCUT2D eigenvalue weighted by molar-refractivity contribution is 7.11. The third-order valence-corrected chi connectivity index (χ3v) is 6.78. The van der Waals surface area contributed by atoms with Crippen LogP contribution in [0.5, 0.6) is 0 Å². The minimum atomic E-state index is -1.68. The van der Waals surface area contributed by atoms with Gasteiger partial charge in [0.15, 0.2) is 6.10 Å². The average Bonchev–Trinajstić information content (AvgIpc) is 3.38. The van der Waals surface area contributed by atoms with Crippen LogP contribution in [0.3, 0.4) is 0 Å². The number of carbonyl (C=O) groups excluding carboxylic acids is 2. The van der Waals surface area contributed by atoms with Gasteiger partial charge in [0, 0.05) is 23.8 Å². The maximum absolute atomic E-state index is 12.3. The Hall–Kier alpha value is -3.76. The number of hydrogen-bond donors (Lipinski definition) is 4. The Morgan fingerprint density at radius 1 is 1.06 bits per heavy atom. The van der Waals surface area contributed by atoms with E-state index in [4.69, 9.17) is 9.84 Å². The molecule has 3 aromatic rings. The van der Waals surface area contributed by atoms with Gasteiger partial charge in [-0.05, 0) is 29.2 Å². The molecule has 1 atom stereocenters. The van der Waals surface area contributed by atoms with Crippen molar-refractivity contribution in [1.29, 1.82) is 0 Å². The minimum absolute atomic E-state index is 0.0181. The molecular weight excluding hydrogens is 470 g/mol. The van der Waals surface area contributed by atoms with Gasteiger partial charge in [-0.3, -0.25) is 4.79 Å². The van der Waals surface area contributed by atoms with Crippen molar-refractivity contribution in [2.45, 2.75) is 25.4 Å². The summed E-state index contributed by atoms with van der Waals surface area (Å²) in [5, 5.41) is 23.7. The maximum atomic E-state index is 12.3. The highest BCUT2D eigenvalue weighted by Gasteiger charge is 2.29. The SMILES string of the molecule is Cc1sc(CCNC(=O)OCC2c3ccccc3-c3ccccc32)nc1C(=O)NCC(O)C(=O)O. The van der Waals surface area contributed by atoms with Gasteiger partial charge in [0.1, 0.15) is 12.3 Å². The second kappa shape index (κ2) is 10.7. The molecule has 1 aromatic heterocycles. The van der Waals surface area contributed by atoms with E-state index in [1.807, 2.05) is 24.3 Å². The standard InChI is InChI=1S/C25H25N3O6S/c1-14-22(23(30)27-12-20(29)24(31)32)28-21(35-14)10-11-26-25(33)34-13-19-17-8-4-2-6-15(17)16-7-3-5-9-18(16)19/h2-9,19-20,29H,10-13H2,1H3,(H,26,33)(H,27,30)(H,31,32). The van der Waals surface area contributed by atoms with Crippen molar-refractivity contribution < 1.29 is 29.3 Å². The van der Waals surface area contributed by atoms with Crippen molar-refractivity contribution in [3.05, 3.63) is 75.2 Å². The molecule has 1 heterocycles. The molecule has 0 bridgehead atoms. The molecule has 4 rings (SSSR count). The molecule has 0 spiro atoms. The zero-order valence-electron chi connectivity index (χ0n) is 19.0. The van der Waals surface area contributed by atoms with Gasteiger partial charge in [-0.2, -0.15) is 0 Å². The molecule has 0 radical (unpaired) electrons. The van der Waals surface area contributed by atoms with Gasteiger partial charge in [0.05, 0.1) is 11.6 Å². The summed E-state index contributed by atoms with van der Waals surface area (Å²) in [5.74, 6) is -1.99. The van der Waals surface area contributed by atoms with Crippen LogP contribution in [-0.4, -0.2) is 59.0 Å². The summed E-state index contributed by atoms with van der Waals surface area (Å²) in [4.78, 5) is 40.1. The second-order valence-electron chi connectivity index (χ2n) is 8.08. The Morgan fingerprint density at radius 3 is 2.31 bits per heavy atom. The Morgan fingerprint density at radius 2 is 1.69 bits per heavy atom. The van der Waals surface area contributed by atoms with Crippen molar-refractivity contribution in [2.24, 2.45) is 0 Å². The van der Waals surface area contributed by atoms with Gasteiger partial charge >= 0.3 is 12.1 Å². The highest BCUT2D eigenvalue weighted by Crippen LogP contribution is 2.44. The van der Waals surface area contributed by atoms with E-state index >= 15 is 0 Å². The number of nitrogens with one attached hydrogen (secondary N) is 2. The zero-order chi connectivity index (χ0) is 24.9. The third kappa shape index (κ3) is 5.50. The van der Waals surface area contributed by atoms with Gasteiger partial charge in [0.25, 0.3) is 5.91 Å². The highest BCUT2D eigenvalue weighted by atomic mass is 32.1. The van der Waals surface area contributed by atoms with Crippen LogP contribution in [0.2, 0.25) is 0 Å².